The molecule has 0 radical (unpaired) electrons. The normalized spacial score (nSPS) is 10.4. The molecule has 0 unspecified atom stereocenters. The summed E-state index contributed by atoms with van der Waals surface area (Å²) in [5.74, 6) is -0.877. The van der Waals surface area contributed by atoms with Crippen molar-refractivity contribution in [2.75, 3.05) is 0 Å². The van der Waals surface area contributed by atoms with Gasteiger partial charge in [0.2, 0.25) is 0 Å². The molecule has 1 aromatic carbocycles. The Balaban J connectivity index is 2.08. The zero-order valence-corrected chi connectivity index (χ0v) is 9.76. The standard InChI is InChI=1S/C12H11ClN2O2/c13-10-3-1-2-9(4-10)6-15-7-11(14-8-15)5-12(16)17/h1-4,7-8H,5-6H2,(H,16,17). The van der Waals surface area contributed by atoms with E-state index in [0.717, 1.165) is 5.56 Å². The molecule has 0 saturated heterocycles. The van der Waals surface area contributed by atoms with Gasteiger partial charge in [-0.15, -0.1) is 0 Å². The molecule has 88 valence electrons. The van der Waals surface area contributed by atoms with Crippen molar-refractivity contribution >= 4 is 17.6 Å². The van der Waals surface area contributed by atoms with E-state index in [1.165, 1.54) is 0 Å². The lowest BCUT2D eigenvalue weighted by molar-refractivity contribution is -0.136. The Morgan fingerprint density at radius 3 is 3.00 bits per heavy atom. The number of carboxylic acid groups (broad SMARTS) is 1. The van der Waals surface area contributed by atoms with Gasteiger partial charge < -0.3 is 9.67 Å². The minimum absolute atomic E-state index is 0.0530. The zero-order chi connectivity index (χ0) is 12.3. The maximum atomic E-state index is 10.5. The second-order valence-corrected chi connectivity index (χ2v) is 4.17. The van der Waals surface area contributed by atoms with Crippen LogP contribution in [0.4, 0.5) is 0 Å². The summed E-state index contributed by atoms with van der Waals surface area (Å²) in [5.41, 5.74) is 1.61. The molecule has 0 aliphatic carbocycles. The van der Waals surface area contributed by atoms with Crippen LogP contribution < -0.4 is 0 Å². The summed E-state index contributed by atoms with van der Waals surface area (Å²) in [7, 11) is 0. The van der Waals surface area contributed by atoms with E-state index in [-0.39, 0.29) is 6.42 Å². The molecule has 0 saturated carbocycles. The number of benzene rings is 1. The molecule has 2 aromatic rings. The lowest BCUT2D eigenvalue weighted by Gasteiger charge is -2.02. The van der Waals surface area contributed by atoms with Gasteiger partial charge in [0.15, 0.2) is 0 Å². The number of hydrogen-bond donors (Lipinski definition) is 1. The molecule has 0 bridgehead atoms. The molecule has 0 aliphatic rings. The fourth-order valence-electron chi connectivity index (χ4n) is 1.59. The van der Waals surface area contributed by atoms with E-state index in [1.54, 1.807) is 12.5 Å². The maximum absolute atomic E-state index is 10.5. The number of aromatic nitrogens is 2. The Hall–Kier alpha value is -1.81. The Kier molecular flexibility index (Phi) is 3.44. The second kappa shape index (κ2) is 5.01. The lowest BCUT2D eigenvalue weighted by Crippen LogP contribution is -2.00. The predicted molar refractivity (Wildman–Crippen MR) is 64.1 cm³/mol. The van der Waals surface area contributed by atoms with Crippen molar-refractivity contribution in [1.29, 1.82) is 0 Å². The third-order valence-electron chi connectivity index (χ3n) is 2.27. The molecule has 2 rings (SSSR count). The van der Waals surface area contributed by atoms with Crippen LogP contribution in [-0.4, -0.2) is 20.6 Å². The third kappa shape index (κ3) is 3.32. The van der Waals surface area contributed by atoms with E-state index < -0.39 is 5.97 Å². The van der Waals surface area contributed by atoms with Crippen LogP contribution in [-0.2, 0) is 17.8 Å². The molecule has 1 aromatic heterocycles. The van der Waals surface area contributed by atoms with Crippen LogP contribution in [0.1, 0.15) is 11.3 Å². The first kappa shape index (κ1) is 11.7. The Bertz CT molecular complexity index is 537. The Labute approximate surface area is 103 Å². The Morgan fingerprint density at radius 1 is 1.47 bits per heavy atom. The van der Waals surface area contributed by atoms with Crippen molar-refractivity contribution < 1.29 is 9.90 Å². The first-order valence-electron chi connectivity index (χ1n) is 5.10. The molecule has 1 N–H and O–H groups in total. The number of rotatable bonds is 4. The van der Waals surface area contributed by atoms with Crippen LogP contribution in [0.25, 0.3) is 0 Å². The van der Waals surface area contributed by atoms with Crippen LogP contribution in [0.15, 0.2) is 36.8 Å². The van der Waals surface area contributed by atoms with E-state index in [2.05, 4.69) is 4.98 Å². The van der Waals surface area contributed by atoms with E-state index >= 15 is 0 Å². The quantitative estimate of drug-likeness (QED) is 0.905. The number of aliphatic carboxylic acids is 1. The minimum atomic E-state index is -0.877. The number of imidazole rings is 1. The van der Waals surface area contributed by atoms with Crippen molar-refractivity contribution in [3.8, 4) is 0 Å². The van der Waals surface area contributed by atoms with Gasteiger partial charge >= 0.3 is 5.97 Å². The Morgan fingerprint density at radius 2 is 2.29 bits per heavy atom. The van der Waals surface area contributed by atoms with Gasteiger partial charge in [0.1, 0.15) is 0 Å². The number of carboxylic acids is 1. The van der Waals surface area contributed by atoms with E-state index in [4.69, 9.17) is 16.7 Å². The molecule has 1 heterocycles. The molecule has 0 spiro atoms. The average Bonchev–Trinajstić information content (AvgIpc) is 2.64. The van der Waals surface area contributed by atoms with Gasteiger partial charge in [-0.3, -0.25) is 4.79 Å². The summed E-state index contributed by atoms with van der Waals surface area (Å²) in [5, 5.41) is 9.32. The average molecular weight is 251 g/mol. The molecule has 4 nitrogen and oxygen atoms in total. The highest BCUT2D eigenvalue weighted by molar-refractivity contribution is 6.30. The van der Waals surface area contributed by atoms with Crippen LogP contribution in [0.5, 0.6) is 0 Å². The number of halogens is 1. The van der Waals surface area contributed by atoms with Gasteiger partial charge in [0.05, 0.1) is 18.4 Å². The summed E-state index contributed by atoms with van der Waals surface area (Å²) < 4.78 is 1.84. The molecule has 0 fully saturated rings. The van der Waals surface area contributed by atoms with Crippen molar-refractivity contribution in [2.45, 2.75) is 13.0 Å². The van der Waals surface area contributed by atoms with E-state index in [1.807, 2.05) is 28.8 Å². The van der Waals surface area contributed by atoms with Gasteiger partial charge in [0, 0.05) is 17.8 Å². The van der Waals surface area contributed by atoms with Crippen LogP contribution in [0.3, 0.4) is 0 Å². The maximum Gasteiger partial charge on any atom is 0.309 e. The van der Waals surface area contributed by atoms with Crippen molar-refractivity contribution in [2.24, 2.45) is 0 Å². The fourth-order valence-corrected chi connectivity index (χ4v) is 1.80. The van der Waals surface area contributed by atoms with Crippen LogP contribution >= 0.6 is 11.6 Å². The van der Waals surface area contributed by atoms with Crippen molar-refractivity contribution in [3.05, 3.63) is 53.1 Å². The van der Waals surface area contributed by atoms with E-state index in [0.29, 0.717) is 17.3 Å². The van der Waals surface area contributed by atoms with Gasteiger partial charge in [-0.2, -0.15) is 0 Å². The fraction of sp³-hybridized carbons (Fsp3) is 0.167. The second-order valence-electron chi connectivity index (χ2n) is 3.74. The first-order chi connectivity index (χ1) is 8.13. The topological polar surface area (TPSA) is 55.1 Å². The number of nitrogens with zero attached hydrogens (tertiary/aromatic N) is 2. The monoisotopic (exact) mass is 250 g/mol. The summed E-state index contributed by atoms with van der Waals surface area (Å²) in [6.07, 6.45) is 3.30. The number of carbonyl (C=O) groups is 1. The first-order valence-corrected chi connectivity index (χ1v) is 5.48. The molecule has 5 heteroatoms. The summed E-state index contributed by atoms with van der Waals surface area (Å²) >= 11 is 5.88. The largest absolute Gasteiger partial charge is 0.481 e. The van der Waals surface area contributed by atoms with Gasteiger partial charge in [0.25, 0.3) is 0 Å². The zero-order valence-electron chi connectivity index (χ0n) is 9.01. The predicted octanol–water partition coefficient (Wildman–Crippen LogP) is 2.21. The minimum Gasteiger partial charge on any atom is -0.481 e. The van der Waals surface area contributed by atoms with E-state index in [9.17, 15) is 4.79 Å². The number of hydrogen-bond acceptors (Lipinski definition) is 2. The van der Waals surface area contributed by atoms with Gasteiger partial charge in [-0.05, 0) is 17.7 Å². The lowest BCUT2D eigenvalue weighted by atomic mass is 10.2. The smallest absolute Gasteiger partial charge is 0.309 e. The van der Waals surface area contributed by atoms with Gasteiger partial charge in [-0.25, -0.2) is 4.98 Å². The van der Waals surface area contributed by atoms with Crippen LogP contribution in [0.2, 0.25) is 5.02 Å². The molecular weight excluding hydrogens is 240 g/mol. The summed E-state index contributed by atoms with van der Waals surface area (Å²) in [6.45, 7) is 0.632. The highest BCUT2D eigenvalue weighted by Gasteiger charge is 2.04. The third-order valence-corrected chi connectivity index (χ3v) is 2.51. The summed E-state index contributed by atoms with van der Waals surface area (Å²) in [6, 6.07) is 7.53. The molecule has 0 amide bonds. The molecule has 0 atom stereocenters. The highest BCUT2D eigenvalue weighted by Crippen LogP contribution is 2.12. The molecular formula is C12H11ClN2O2. The molecule has 17 heavy (non-hydrogen) atoms. The van der Waals surface area contributed by atoms with Crippen molar-refractivity contribution in [3.63, 3.8) is 0 Å². The molecule has 0 aliphatic heterocycles. The van der Waals surface area contributed by atoms with Gasteiger partial charge in [-0.1, -0.05) is 23.7 Å². The van der Waals surface area contributed by atoms with Crippen LogP contribution in [0, 0.1) is 0 Å². The highest BCUT2D eigenvalue weighted by atomic mass is 35.5. The van der Waals surface area contributed by atoms with Crippen molar-refractivity contribution in [1.82, 2.24) is 9.55 Å². The summed E-state index contributed by atoms with van der Waals surface area (Å²) in [4.78, 5) is 14.5. The SMILES string of the molecule is O=C(O)Cc1cn(Cc2cccc(Cl)c2)cn1.